The largest absolute Gasteiger partial charge is 0.280 e. The molecule has 0 bridgehead atoms. The van der Waals surface area contributed by atoms with Crippen molar-refractivity contribution in [3.8, 4) is 0 Å². The molecule has 1 aliphatic carbocycles. The van der Waals surface area contributed by atoms with E-state index in [2.05, 4.69) is 5.10 Å². The number of hydrogen-bond donors (Lipinski definition) is 2. The molecule has 3 N–H and O–H groups in total. The van der Waals surface area contributed by atoms with Crippen LogP contribution in [0, 0.1) is 11.6 Å². The van der Waals surface area contributed by atoms with E-state index >= 15 is 0 Å². The number of aromatic amines is 1. The lowest BCUT2D eigenvalue weighted by Crippen LogP contribution is -2.43. The molecule has 1 aromatic heterocycles. The smallest absolute Gasteiger partial charge is 0.271 e. The maximum absolute atomic E-state index is 13.5. The lowest BCUT2D eigenvalue weighted by molar-refractivity contribution is 0.506. The van der Waals surface area contributed by atoms with E-state index < -0.39 is 37.3 Å². The number of benzene rings is 2. The summed E-state index contributed by atoms with van der Waals surface area (Å²) in [5.41, 5.74) is 0.623. The summed E-state index contributed by atoms with van der Waals surface area (Å²) in [6.45, 7) is 0.0607. The van der Waals surface area contributed by atoms with Gasteiger partial charge in [0.1, 0.15) is 10.1 Å². The van der Waals surface area contributed by atoms with Crippen molar-refractivity contribution in [3.63, 3.8) is 0 Å². The highest BCUT2D eigenvalue weighted by Crippen LogP contribution is 2.45. The number of fused-ring (bicyclic) bond motifs is 1. The van der Waals surface area contributed by atoms with Gasteiger partial charge in [-0.25, -0.2) is 22.3 Å². The second kappa shape index (κ2) is 8.00. The monoisotopic (exact) mass is 519 g/mol. The molecule has 3 aromatic rings. The van der Waals surface area contributed by atoms with Crippen molar-refractivity contribution >= 4 is 55.7 Å². The summed E-state index contributed by atoms with van der Waals surface area (Å²) in [4.78, 5) is 10.9. The first-order chi connectivity index (χ1) is 14.9. The van der Waals surface area contributed by atoms with Crippen LogP contribution in [0.25, 0.3) is 10.9 Å². The number of primary sulfonamides is 1. The van der Waals surface area contributed by atoms with Gasteiger partial charge in [-0.3, -0.25) is 14.6 Å². The molecule has 0 amide bonds. The third kappa shape index (κ3) is 3.99. The van der Waals surface area contributed by atoms with Crippen LogP contribution in [0.2, 0.25) is 0 Å². The van der Waals surface area contributed by atoms with Crippen LogP contribution in [0.4, 0.5) is 8.78 Å². The standard InChI is InChI=1S/C20H14Cl3F2N3O3S/c21-13-7-18(32(26,30)31)20(23,8-14(13)22)11-2-4-17-12(6-11)19(29)27-28(17)9-10-1-3-15(24)16(25)5-10/h1-8,18H,9H2,(H,27,29)(H2,26,30,31). The Balaban J connectivity index is 1.81. The molecule has 2 atom stereocenters. The quantitative estimate of drug-likeness (QED) is 0.509. The molecule has 2 unspecified atom stereocenters. The molecule has 0 spiro atoms. The first-order valence-electron chi connectivity index (χ1n) is 9.03. The fourth-order valence-corrected chi connectivity index (χ4v) is 5.85. The number of aromatic nitrogens is 2. The normalized spacial score (nSPS) is 21.5. The molecular formula is C20H14Cl3F2N3O3S. The molecule has 1 heterocycles. The molecule has 2 aromatic carbocycles. The number of alkyl halides is 1. The van der Waals surface area contributed by atoms with Gasteiger partial charge in [0.05, 0.1) is 27.5 Å². The summed E-state index contributed by atoms with van der Waals surface area (Å²) < 4.78 is 52.6. The topological polar surface area (TPSA) is 98.0 Å². The van der Waals surface area contributed by atoms with Crippen LogP contribution in [0.15, 0.2) is 63.4 Å². The van der Waals surface area contributed by atoms with Crippen molar-refractivity contribution in [1.82, 2.24) is 9.78 Å². The van der Waals surface area contributed by atoms with E-state index in [0.29, 0.717) is 11.1 Å². The Kier molecular flexibility index (Phi) is 5.75. The highest BCUT2D eigenvalue weighted by Gasteiger charge is 2.45. The zero-order valence-electron chi connectivity index (χ0n) is 16.0. The van der Waals surface area contributed by atoms with Gasteiger partial charge in [-0.05, 0) is 47.5 Å². The highest BCUT2D eigenvalue weighted by atomic mass is 35.5. The molecule has 4 rings (SSSR count). The summed E-state index contributed by atoms with van der Waals surface area (Å²) in [6.07, 6.45) is 2.41. The van der Waals surface area contributed by atoms with Crippen LogP contribution in [-0.2, 0) is 21.4 Å². The number of rotatable bonds is 4. The number of sulfonamides is 1. The minimum Gasteiger partial charge on any atom is -0.280 e. The molecule has 1 aliphatic rings. The number of H-pyrrole nitrogens is 1. The molecule has 6 nitrogen and oxygen atoms in total. The number of allylic oxidation sites excluding steroid dienone is 3. The lowest BCUT2D eigenvalue weighted by atomic mass is 9.90. The first-order valence-corrected chi connectivity index (χ1v) is 11.8. The van der Waals surface area contributed by atoms with E-state index in [1.165, 1.54) is 29.0 Å². The average Bonchev–Trinajstić information content (AvgIpc) is 3.02. The van der Waals surface area contributed by atoms with Gasteiger partial charge in [0.25, 0.3) is 5.56 Å². The van der Waals surface area contributed by atoms with Crippen LogP contribution in [0.3, 0.4) is 0 Å². The van der Waals surface area contributed by atoms with Crippen molar-refractivity contribution in [2.45, 2.75) is 16.7 Å². The zero-order chi connectivity index (χ0) is 23.4. The van der Waals surface area contributed by atoms with Gasteiger partial charge in [0.2, 0.25) is 10.0 Å². The van der Waals surface area contributed by atoms with Gasteiger partial charge in [-0.15, -0.1) is 11.6 Å². The van der Waals surface area contributed by atoms with Gasteiger partial charge >= 0.3 is 0 Å². The third-order valence-corrected chi connectivity index (χ3v) is 7.81. The molecule has 0 saturated heterocycles. The Bertz CT molecular complexity index is 1480. The predicted molar refractivity (Wildman–Crippen MR) is 120 cm³/mol. The zero-order valence-corrected chi connectivity index (χ0v) is 19.0. The van der Waals surface area contributed by atoms with Crippen LogP contribution >= 0.6 is 34.8 Å². The number of nitrogens with zero attached hydrogens (tertiary/aromatic N) is 1. The van der Waals surface area contributed by atoms with Gasteiger partial charge in [-0.2, -0.15) is 0 Å². The predicted octanol–water partition coefficient (Wildman–Crippen LogP) is 4.01. The first kappa shape index (κ1) is 23.0. The van der Waals surface area contributed by atoms with E-state index in [-0.39, 0.29) is 27.6 Å². The summed E-state index contributed by atoms with van der Waals surface area (Å²) in [5, 5.41) is 6.77. The minimum absolute atomic E-state index is 0.0152. The van der Waals surface area contributed by atoms with E-state index in [1.54, 1.807) is 6.07 Å². The van der Waals surface area contributed by atoms with Crippen LogP contribution < -0.4 is 10.7 Å². The van der Waals surface area contributed by atoms with Crippen molar-refractivity contribution < 1.29 is 17.2 Å². The summed E-state index contributed by atoms with van der Waals surface area (Å²) in [6, 6.07) is 7.92. The van der Waals surface area contributed by atoms with Gasteiger partial charge in [0, 0.05) is 0 Å². The molecule has 0 fully saturated rings. The second-order valence-corrected chi connectivity index (χ2v) is 10.4. The third-order valence-electron chi connectivity index (χ3n) is 5.17. The van der Waals surface area contributed by atoms with Crippen molar-refractivity contribution in [2.75, 3.05) is 0 Å². The van der Waals surface area contributed by atoms with Crippen LogP contribution in [-0.4, -0.2) is 23.4 Å². The Labute approximate surface area is 195 Å². The van der Waals surface area contributed by atoms with E-state index in [0.717, 1.165) is 18.2 Å². The Morgan fingerprint density at radius 1 is 1.09 bits per heavy atom. The molecule has 0 aliphatic heterocycles. The number of nitrogens with two attached hydrogens (primary N) is 1. The summed E-state index contributed by atoms with van der Waals surface area (Å²) in [5.74, 6) is -1.98. The number of halogens is 5. The fraction of sp³-hybridized carbons (Fsp3) is 0.150. The summed E-state index contributed by atoms with van der Waals surface area (Å²) in [7, 11) is -4.20. The molecule has 32 heavy (non-hydrogen) atoms. The minimum atomic E-state index is -4.20. The molecule has 0 radical (unpaired) electrons. The molecule has 12 heteroatoms. The van der Waals surface area contributed by atoms with Gasteiger partial charge < -0.3 is 0 Å². The average molecular weight is 521 g/mol. The van der Waals surface area contributed by atoms with Crippen molar-refractivity contribution in [3.05, 3.63) is 91.7 Å². The van der Waals surface area contributed by atoms with Crippen molar-refractivity contribution in [1.29, 1.82) is 0 Å². The SMILES string of the molecule is NS(=O)(=O)C1C=C(Cl)C(Cl)=CC1(Cl)c1ccc2c(c1)c(=O)[nH]n2Cc1ccc(F)c(F)c1. The van der Waals surface area contributed by atoms with Gasteiger partial charge in [0.15, 0.2) is 11.6 Å². The fourth-order valence-electron chi connectivity index (χ4n) is 3.63. The lowest BCUT2D eigenvalue weighted by Gasteiger charge is -2.33. The maximum atomic E-state index is 13.5. The Hall–Kier alpha value is -2.17. The van der Waals surface area contributed by atoms with E-state index in [1.807, 2.05) is 0 Å². The highest BCUT2D eigenvalue weighted by molar-refractivity contribution is 7.90. The van der Waals surface area contributed by atoms with Gasteiger partial charge in [-0.1, -0.05) is 35.3 Å². The Morgan fingerprint density at radius 2 is 1.81 bits per heavy atom. The van der Waals surface area contributed by atoms with Crippen LogP contribution in [0.1, 0.15) is 11.1 Å². The molecule has 0 saturated carbocycles. The van der Waals surface area contributed by atoms with E-state index in [4.69, 9.17) is 39.9 Å². The molecule has 168 valence electrons. The van der Waals surface area contributed by atoms with Crippen LogP contribution in [0.5, 0.6) is 0 Å². The summed E-state index contributed by atoms with van der Waals surface area (Å²) >= 11 is 18.8. The Morgan fingerprint density at radius 3 is 2.47 bits per heavy atom. The maximum Gasteiger partial charge on any atom is 0.271 e. The molecular weight excluding hydrogens is 507 g/mol. The second-order valence-electron chi connectivity index (χ2n) is 7.29. The number of hydrogen-bond acceptors (Lipinski definition) is 3. The van der Waals surface area contributed by atoms with Crippen molar-refractivity contribution in [2.24, 2.45) is 5.14 Å². The van der Waals surface area contributed by atoms with E-state index in [9.17, 15) is 22.0 Å². The number of nitrogens with one attached hydrogen (secondary N) is 1.